The largest absolute Gasteiger partial charge is 0.480 e. The fourth-order valence-corrected chi connectivity index (χ4v) is 3.83. The maximum atomic E-state index is 12.7. The molecule has 1 unspecified atom stereocenters. The number of amides is 1. The number of piperidine rings is 1. The van der Waals surface area contributed by atoms with Crippen molar-refractivity contribution in [3.8, 4) is 5.75 Å². The number of carboxylic acids is 1. The molecule has 2 aliphatic heterocycles. The molecule has 1 aromatic carbocycles. The van der Waals surface area contributed by atoms with Crippen LogP contribution in [0.4, 0.5) is 0 Å². The summed E-state index contributed by atoms with van der Waals surface area (Å²) in [6.07, 6.45) is 3.90. The second-order valence-corrected chi connectivity index (χ2v) is 6.95. The molecular weight excluding hydrogens is 334 g/mol. The van der Waals surface area contributed by atoms with E-state index in [4.69, 9.17) is 14.3 Å². The molecule has 0 bridgehead atoms. The highest BCUT2D eigenvalue weighted by molar-refractivity contribution is 5.88. The normalized spacial score (nSPS) is 19.8. The van der Waals surface area contributed by atoms with Gasteiger partial charge in [0, 0.05) is 25.9 Å². The van der Waals surface area contributed by atoms with Crippen LogP contribution in [0.15, 0.2) is 41.0 Å². The van der Waals surface area contributed by atoms with Crippen molar-refractivity contribution in [1.82, 2.24) is 4.90 Å². The average Bonchev–Trinajstić information content (AvgIpc) is 3.28. The molecule has 1 N–H and O–H groups in total. The molecule has 6 heteroatoms. The van der Waals surface area contributed by atoms with E-state index in [-0.39, 0.29) is 11.5 Å². The van der Waals surface area contributed by atoms with Crippen LogP contribution in [0.25, 0.3) is 0 Å². The summed E-state index contributed by atoms with van der Waals surface area (Å²) in [6, 6.07) is 9.26. The lowest BCUT2D eigenvalue weighted by molar-refractivity contribution is -0.139. The molecule has 0 radical (unpaired) electrons. The Morgan fingerprint density at radius 1 is 1.15 bits per heavy atom. The van der Waals surface area contributed by atoms with E-state index in [2.05, 4.69) is 0 Å². The average molecular weight is 355 g/mol. The zero-order chi connectivity index (χ0) is 18.1. The van der Waals surface area contributed by atoms with E-state index in [1.807, 2.05) is 29.2 Å². The van der Waals surface area contributed by atoms with E-state index in [0.717, 1.165) is 24.2 Å². The Hall–Kier alpha value is -2.76. The SMILES string of the molecule is O=C(O)c1ccoc1CC1CCN(C(=O)C2Cc3ccccc3O2)CC1. The Labute approximate surface area is 151 Å². The number of ether oxygens (including phenoxy) is 1. The van der Waals surface area contributed by atoms with Crippen molar-refractivity contribution in [3.63, 3.8) is 0 Å². The summed E-state index contributed by atoms with van der Waals surface area (Å²) in [5, 5.41) is 9.17. The molecule has 1 saturated heterocycles. The Balaban J connectivity index is 1.32. The Morgan fingerprint density at radius 2 is 1.92 bits per heavy atom. The molecule has 4 rings (SSSR count). The standard InChI is InChI=1S/C20H21NO5/c22-19(18-12-14-3-1-2-4-16(14)26-18)21-8-5-13(6-9-21)11-17-15(20(23)24)7-10-25-17/h1-4,7,10,13,18H,5-6,8-9,11-12H2,(H,23,24). The molecule has 26 heavy (non-hydrogen) atoms. The minimum absolute atomic E-state index is 0.0453. The number of para-hydroxylation sites is 1. The number of benzene rings is 1. The van der Waals surface area contributed by atoms with Gasteiger partial charge in [0.15, 0.2) is 6.10 Å². The quantitative estimate of drug-likeness (QED) is 0.912. The van der Waals surface area contributed by atoms with Crippen molar-refractivity contribution in [1.29, 1.82) is 0 Å². The van der Waals surface area contributed by atoms with E-state index in [1.54, 1.807) is 0 Å². The second-order valence-electron chi connectivity index (χ2n) is 6.95. The van der Waals surface area contributed by atoms with E-state index < -0.39 is 12.1 Å². The Bertz CT molecular complexity index is 794. The number of aromatic carboxylic acids is 1. The van der Waals surface area contributed by atoms with Crippen LogP contribution < -0.4 is 4.74 Å². The van der Waals surface area contributed by atoms with Crippen LogP contribution in [0, 0.1) is 5.92 Å². The number of likely N-dealkylation sites (tertiary alicyclic amines) is 1. The Morgan fingerprint density at radius 3 is 2.65 bits per heavy atom. The van der Waals surface area contributed by atoms with Crippen LogP contribution in [-0.4, -0.2) is 41.1 Å². The first-order valence-corrected chi connectivity index (χ1v) is 8.95. The third kappa shape index (κ3) is 3.19. The van der Waals surface area contributed by atoms with E-state index in [1.165, 1.54) is 12.3 Å². The second kappa shape index (κ2) is 6.86. The number of carboxylic acid groups (broad SMARTS) is 1. The van der Waals surface area contributed by atoms with Gasteiger partial charge < -0.3 is 19.2 Å². The molecular formula is C20H21NO5. The van der Waals surface area contributed by atoms with Crippen molar-refractivity contribution in [3.05, 3.63) is 53.5 Å². The number of hydrogen-bond acceptors (Lipinski definition) is 4. The van der Waals surface area contributed by atoms with Gasteiger partial charge in [0.1, 0.15) is 17.1 Å². The summed E-state index contributed by atoms with van der Waals surface area (Å²) >= 11 is 0. The van der Waals surface area contributed by atoms with Crippen molar-refractivity contribution in [2.24, 2.45) is 5.92 Å². The first-order valence-electron chi connectivity index (χ1n) is 8.95. The van der Waals surface area contributed by atoms with Crippen molar-refractivity contribution < 1.29 is 23.8 Å². The first-order chi connectivity index (χ1) is 12.6. The minimum atomic E-state index is -0.959. The molecule has 2 aliphatic rings. The zero-order valence-electron chi connectivity index (χ0n) is 14.4. The van der Waals surface area contributed by atoms with Gasteiger partial charge in [-0.3, -0.25) is 4.79 Å². The van der Waals surface area contributed by atoms with Gasteiger partial charge in [-0.15, -0.1) is 0 Å². The van der Waals surface area contributed by atoms with Crippen molar-refractivity contribution in [2.45, 2.75) is 31.8 Å². The van der Waals surface area contributed by atoms with E-state index in [0.29, 0.717) is 37.6 Å². The number of nitrogens with zero attached hydrogens (tertiary/aromatic N) is 1. The minimum Gasteiger partial charge on any atom is -0.480 e. The topological polar surface area (TPSA) is 80.0 Å². The number of carbonyl (C=O) groups excluding carboxylic acids is 1. The van der Waals surface area contributed by atoms with Gasteiger partial charge in [-0.2, -0.15) is 0 Å². The van der Waals surface area contributed by atoms with Gasteiger partial charge in [0.2, 0.25) is 0 Å². The van der Waals surface area contributed by atoms with Crippen LogP contribution in [-0.2, 0) is 17.6 Å². The van der Waals surface area contributed by atoms with Crippen LogP contribution in [0.1, 0.15) is 34.5 Å². The smallest absolute Gasteiger partial charge is 0.339 e. The maximum absolute atomic E-state index is 12.7. The molecule has 0 saturated carbocycles. The van der Waals surface area contributed by atoms with Crippen LogP contribution >= 0.6 is 0 Å². The van der Waals surface area contributed by atoms with E-state index in [9.17, 15) is 9.59 Å². The van der Waals surface area contributed by atoms with Gasteiger partial charge in [0.05, 0.1) is 6.26 Å². The predicted octanol–water partition coefficient (Wildman–Crippen LogP) is 2.76. The van der Waals surface area contributed by atoms with Gasteiger partial charge in [-0.25, -0.2) is 4.79 Å². The van der Waals surface area contributed by atoms with Crippen LogP contribution in [0.5, 0.6) is 5.75 Å². The highest BCUT2D eigenvalue weighted by Crippen LogP contribution is 2.30. The summed E-state index contributed by atoms with van der Waals surface area (Å²) in [5.74, 6) is 0.741. The lowest BCUT2D eigenvalue weighted by Crippen LogP contribution is -2.45. The summed E-state index contributed by atoms with van der Waals surface area (Å²) < 4.78 is 11.1. The Kier molecular flexibility index (Phi) is 4.41. The number of furan rings is 1. The third-order valence-corrected chi connectivity index (χ3v) is 5.30. The van der Waals surface area contributed by atoms with Gasteiger partial charge in [-0.1, -0.05) is 18.2 Å². The fourth-order valence-electron chi connectivity index (χ4n) is 3.83. The summed E-state index contributed by atoms with van der Waals surface area (Å²) in [5.41, 5.74) is 1.32. The third-order valence-electron chi connectivity index (χ3n) is 5.30. The van der Waals surface area contributed by atoms with E-state index >= 15 is 0 Å². The van der Waals surface area contributed by atoms with Crippen LogP contribution in [0.3, 0.4) is 0 Å². The number of fused-ring (bicyclic) bond motifs is 1. The van der Waals surface area contributed by atoms with Gasteiger partial charge >= 0.3 is 5.97 Å². The predicted molar refractivity (Wildman–Crippen MR) is 93.2 cm³/mol. The summed E-state index contributed by atoms with van der Waals surface area (Å²) in [4.78, 5) is 25.8. The maximum Gasteiger partial charge on any atom is 0.339 e. The lowest BCUT2D eigenvalue weighted by atomic mass is 9.91. The molecule has 3 heterocycles. The number of rotatable bonds is 4. The molecule has 1 fully saturated rings. The molecule has 1 amide bonds. The van der Waals surface area contributed by atoms with Crippen molar-refractivity contribution >= 4 is 11.9 Å². The lowest BCUT2D eigenvalue weighted by Gasteiger charge is -2.33. The van der Waals surface area contributed by atoms with Crippen molar-refractivity contribution in [2.75, 3.05) is 13.1 Å². The molecule has 136 valence electrons. The molecule has 1 atom stereocenters. The molecule has 0 spiro atoms. The summed E-state index contributed by atoms with van der Waals surface area (Å²) in [6.45, 7) is 1.34. The van der Waals surface area contributed by atoms with Gasteiger partial charge in [-0.05, 0) is 36.5 Å². The zero-order valence-corrected chi connectivity index (χ0v) is 14.4. The molecule has 6 nitrogen and oxygen atoms in total. The molecule has 2 aromatic rings. The summed E-state index contributed by atoms with van der Waals surface area (Å²) in [7, 11) is 0. The van der Waals surface area contributed by atoms with Gasteiger partial charge in [0.25, 0.3) is 5.91 Å². The number of hydrogen-bond donors (Lipinski definition) is 1. The fraction of sp³-hybridized carbons (Fsp3) is 0.400. The molecule has 0 aliphatic carbocycles. The monoisotopic (exact) mass is 355 g/mol. The highest BCUT2D eigenvalue weighted by Gasteiger charge is 2.34. The molecule has 1 aromatic heterocycles. The van der Waals surface area contributed by atoms with Crippen LogP contribution in [0.2, 0.25) is 0 Å². The highest BCUT2D eigenvalue weighted by atomic mass is 16.5. The first kappa shape index (κ1) is 16.7. The number of carbonyl (C=O) groups is 2.